The van der Waals surface area contributed by atoms with Gasteiger partial charge in [-0.2, -0.15) is 0 Å². The molecule has 0 aromatic rings. The molecule has 0 aliphatic rings. The van der Waals surface area contributed by atoms with E-state index >= 15 is 0 Å². The Morgan fingerprint density at radius 2 is 2.00 bits per heavy atom. The first-order valence-corrected chi connectivity index (χ1v) is 4.97. The van der Waals surface area contributed by atoms with Gasteiger partial charge in [-0.25, -0.2) is 0 Å². The van der Waals surface area contributed by atoms with Crippen LogP contribution in [0.1, 0.15) is 6.42 Å². The normalized spacial score (nSPS) is 9.67. The SMILES string of the molecule is CNCCOCCNC(=O)CCNC=O. The second-order valence-corrected chi connectivity index (χ2v) is 2.89. The van der Waals surface area contributed by atoms with Crippen LogP contribution in [0.25, 0.3) is 0 Å². The number of nitrogens with one attached hydrogen (secondary N) is 3. The predicted molar refractivity (Wildman–Crippen MR) is 56.4 cm³/mol. The second kappa shape index (κ2) is 10.9. The monoisotopic (exact) mass is 217 g/mol. The molecule has 0 aromatic carbocycles. The molecule has 2 amide bonds. The molecule has 6 nitrogen and oxygen atoms in total. The van der Waals surface area contributed by atoms with E-state index in [1.165, 1.54) is 0 Å². The summed E-state index contributed by atoms with van der Waals surface area (Å²) < 4.78 is 5.20. The highest BCUT2D eigenvalue weighted by Crippen LogP contribution is 1.77. The average molecular weight is 217 g/mol. The van der Waals surface area contributed by atoms with Gasteiger partial charge in [-0.3, -0.25) is 9.59 Å². The summed E-state index contributed by atoms with van der Waals surface area (Å²) in [5.41, 5.74) is 0. The smallest absolute Gasteiger partial charge is 0.221 e. The number of hydrogen-bond donors (Lipinski definition) is 3. The van der Waals surface area contributed by atoms with E-state index in [2.05, 4.69) is 16.0 Å². The van der Waals surface area contributed by atoms with Crippen molar-refractivity contribution in [1.29, 1.82) is 0 Å². The largest absolute Gasteiger partial charge is 0.378 e. The predicted octanol–water partition coefficient (Wildman–Crippen LogP) is -1.53. The lowest BCUT2D eigenvalue weighted by Crippen LogP contribution is -2.30. The molecule has 0 aliphatic heterocycles. The van der Waals surface area contributed by atoms with Crippen molar-refractivity contribution in [3.63, 3.8) is 0 Å². The molecule has 0 bridgehead atoms. The molecular weight excluding hydrogens is 198 g/mol. The van der Waals surface area contributed by atoms with Gasteiger partial charge >= 0.3 is 0 Å². The minimum absolute atomic E-state index is 0.0819. The van der Waals surface area contributed by atoms with Crippen LogP contribution in [0.3, 0.4) is 0 Å². The third kappa shape index (κ3) is 10.8. The van der Waals surface area contributed by atoms with Gasteiger partial charge in [-0.1, -0.05) is 0 Å². The maximum atomic E-state index is 11.1. The quantitative estimate of drug-likeness (QED) is 0.306. The Bertz CT molecular complexity index is 176. The van der Waals surface area contributed by atoms with Crippen molar-refractivity contribution in [3.05, 3.63) is 0 Å². The van der Waals surface area contributed by atoms with Gasteiger partial charge in [0, 0.05) is 26.1 Å². The van der Waals surface area contributed by atoms with Crippen LogP contribution in [-0.4, -0.2) is 52.2 Å². The van der Waals surface area contributed by atoms with E-state index in [9.17, 15) is 9.59 Å². The van der Waals surface area contributed by atoms with E-state index in [1.54, 1.807) is 0 Å². The lowest BCUT2D eigenvalue weighted by molar-refractivity contribution is -0.121. The highest BCUT2D eigenvalue weighted by atomic mass is 16.5. The number of carbonyl (C=O) groups is 2. The number of likely N-dealkylation sites (N-methyl/N-ethyl adjacent to an activating group) is 1. The number of rotatable bonds is 10. The number of hydrogen-bond acceptors (Lipinski definition) is 4. The van der Waals surface area contributed by atoms with Crippen molar-refractivity contribution in [1.82, 2.24) is 16.0 Å². The first-order chi connectivity index (χ1) is 7.31. The van der Waals surface area contributed by atoms with Crippen LogP contribution in [0.4, 0.5) is 0 Å². The van der Waals surface area contributed by atoms with Crippen LogP contribution in [0.5, 0.6) is 0 Å². The zero-order chi connectivity index (χ0) is 11.4. The van der Waals surface area contributed by atoms with Gasteiger partial charge < -0.3 is 20.7 Å². The fourth-order valence-electron chi connectivity index (χ4n) is 0.872. The van der Waals surface area contributed by atoms with Crippen LogP contribution in [0.2, 0.25) is 0 Å². The molecule has 0 radical (unpaired) electrons. The van der Waals surface area contributed by atoms with Crippen LogP contribution in [0, 0.1) is 0 Å². The van der Waals surface area contributed by atoms with E-state index in [-0.39, 0.29) is 5.91 Å². The van der Waals surface area contributed by atoms with Crippen molar-refractivity contribution < 1.29 is 14.3 Å². The zero-order valence-electron chi connectivity index (χ0n) is 9.04. The summed E-state index contributed by atoms with van der Waals surface area (Å²) in [6.07, 6.45) is 0.878. The maximum Gasteiger partial charge on any atom is 0.221 e. The minimum Gasteiger partial charge on any atom is -0.378 e. The van der Waals surface area contributed by atoms with Gasteiger partial charge in [0.15, 0.2) is 0 Å². The fourth-order valence-corrected chi connectivity index (χ4v) is 0.872. The zero-order valence-corrected chi connectivity index (χ0v) is 9.04. The molecule has 0 unspecified atom stereocenters. The van der Waals surface area contributed by atoms with Gasteiger partial charge in [0.25, 0.3) is 0 Å². The van der Waals surface area contributed by atoms with Crippen LogP contribution >= 0.6 is 0 Å². The third-order valence-corrected chi connectivity index (χ3v) is 1.64. The van der Waals surface area contributed by atoms with Gasteiger partial charge in [0.1, 0.15) is 0 Å². The Hall–Kier alpha value is -1.14. The second-order valence-electron chi connectivity index (χ2n) is 2.89. The summed E-state index contributed by atoms with van der Waals surface area (Å²) in [6.45, 7) is 2.82. The molecule has 15 heavy (non-hydrogen) atoms. The summed E-state index contributed by atoms with van der Waals surface area (Å²) in [5, 5.41) is 8.04. The van der Waals surface area contributed by atoms with Gasteiger partial charge in [-0.15, -0.1) is 0 Å². The molecule has 0 heterocycles. The molecule has 0 rings (SSSR count). The van der Waals surface area contributed by atoms with Crippen molar-refractivity contribution >= 4 is 12.3 Å². The summed E-state index contributed by atoms with van der Waals surface area (Å²) in [6, 6.07) is 0. The first-order valence-electron chi connectivity index (χ1n) is 4.97. The molecular formula is C9H19N3O3. The molecule has 0 saturated heterocycles. The van der Waals surface area contributed by atoms with Crippen molar-refractivity contribution in [2.45, 2.75) is 6.42 Å². The lowest BCUT2D eigenvalue weighted by Gasteiger charge is -2.05. The topological polar surface area (TPSA) is 79.5 Å². The number of amides is 2. The lowest BCUT2D eigenvalue weighted by atomic mass is 10.4. The fraction of sp³-hybridized carbons (Fsp3) is 0.778. The van der Waals surface area contributed by atoms with Crippen molar-refractivity contribution in [3.8, 4) is 0 Å². The van der Waals surface area contributed by atoms with E-state index in [0.717, 1.165) is 6.54 Å². The van der Waals surface area contributed by atoms with Crippen LogP contribution in [-0.2, 0) is 14.3 Å². The van der Waals surface area contributed by atoms with Crippen molar-refractivity contribution in [2.75, 3.05) is 39.9 Å². The molecule has 0 spiro atoms. The third-order valence-electron chi connectivity index (χ3n) is 1.64. The summed E-state index contributed by atoms with van der Waals surface area (Å²) in [7, 11) is 1.85. The van der Waals surface area contributed by atoms with E-state index in [0.29, 0.717) is 39.1 Å². The molecule has 3 N–H and O–H groups in total. The number of ether oxygens (including phenoxy) is 1. The summed E-state index contributed by atoms with van der Waals surface area (Å²) >= 11 is 0. The van der Waals surface area contributed by atoms with Gasteiger partial charge in [0.05, 0.1) is 13.2 Å². The van der Waals surface area contributed by atoms with Crippen LogP contribution in [0.15, 0.2) is 0 Å². The Labute approximate surface area is 89.7 Å². The Morgan fingerprint density at radius 3 is 2.67 bits per heavy atom. The summed E-state index contributed by atoms with van der Waals surface area (Å²) in [5.74, 6) is -0.0819. The standard InChI is InChI=1S/C9H19N3O3/c1-10-4-6-15-7-5-12-9(14)2-3-11-8-13/h8,10H,2-7H2,1H3,(H,11,13)(H,12,14). The van der Waals surface area contributed by atoms with E-state index in [4.69, 9.17) is 4.74 Å². The van der Waals surface area contributed by atoms with Crippen LogP contribution < -0.4 is 16.0 Å². The molecule has 0 aliphatic carbocycles. The molecule has 88 valence electrons. The average Bonchev–Trinajstić information content (AvgIpc) is 2.23. The number of carbonyl (C=O) groups excluding carboxylic acids is 2. The Morgan fingerprint density at radius 1 is 1.27 bits per heavy atom. The summed E-state index contributed by atoms with van der Waals surface area (Å²) in [4.78, 5) is 21.0. The molecule has 0 saturated carbocycles. The molecule has 0 atom stereocenters. The van der Waals surface area contributed by atoms with Gasteiger partial charge in [0.2, 0.25) is 12.3 Å². The van der Waals surface area contributed by atoms with E-state index in [1.807, 2.05) is 7.05 Å². The van der Waals surface area contributed by atoms with Gasteiger partial charge in [-0.05, 0) is 7.05 Å². The Balaban J connectivity index is 3.13. The maximum absolute atomic E-state index is 11.1. The Kier molecular flexibility index (Phi) is 10.1. The molecule has 0 aromatic heterocycles. The highest BCUT2D eigenvalue weighted by molar-refractivity contribution is 5.76. The highest BCUT2D eigenvalue weighted by Gasteiger charge is 1.98. The van der Waals surface area contributed by atoms with E-state index < -0.39 is 0 Å². The molecule has 0 fully saturated rings. The van der Waals surface area contributed by atoms with Crippen molar-refractivity contribution in [2.24, 2.45) is 0 Å². The minimum atomic E-state index is -0.0819. The first kappa shape index (κ1) is 13.9. The molecule has 6 heteroatoms.